The summed E-state index contributed by atoms with van der Waals surface area (Å²) in [4.78, 5) is 0. The Labute approximate surface area is 147 Å². The number of methoxy groups -OCH3 is 1. The monoisotopic (exact) mass is 364 g/mol. The summed E-state index contributed by atoms with van der Waals surface area (Å²) in [6, 6.07) is 0. The lowest BCUT2D eigenvalue weighted by Gasteiger charge is -2.37. The van der Waals surface area contributed by atoms with E-state index in [-0.39, 0.29) is 31.0 Å². The van der Waals surface area contributed by atoms with Crippen molar-refractivity contribution in [1.29, 1.82) is 0 Å². The molecule has 1 unspecified atom stereocenters. The minimum absolute atomic E-state index is 0.109. The van der Waals surface area contributed by atoms with Crippen LogP contribution in [-0.2, 0) is 23.1 Å². The van der Waals surface area contributed by atoms with Gasteiger partial charge in [-0.1, -0.05) is 58.8 Å². The fourth-order valence-electron chi connectivity index (χ4n) is 3.24. The van der Waals surface area contributed by atoms with Crippen LogP contribution in [0.15, 0.2) is 0 Å². The van der Waals surface area contributed by atoms with Gasteiger partial charge in [-0.3, -0.25) is 0 Å². The van der Waals surface area contributed by atoms with Gasteiger partial charge in [0, 0.05) is 17.6 Å². The molecule has 142 valence electrons. The average molecular weight is 364 g/mol. The summed E-state index contributed by atoms with van der Waals surface area (Å²) in [5, 5.41) is 0. The maximum absolute atomic E-state index is 11.8. The van der Waals surface area contributed by atoms with Crippen molar-refractivity contribution < 1.29 is 23.1 Å². The summed E-state index contributed by atoms with van der Waals surface area (Å²) < 4.78 is 33.8. The summed E-state index contributed by atoms with van der Waals surface area (Å²) in [6.45, 7) is 4.78. The number of ether oxygens (including phenoxy) is 2. The molecule has 0 bridgehead atoms. The van der Waals surface area contributed by atoms with Gasteiger partial charge in [0.25, 0.3) is 0 Å². The Bertz CT molecular complexity index is 345. The minimum atomic E-state index is -2.25. The van der Waals surface area contributed by atoms with E-state index in [1.165, 1.54) is 38.5 Å². The number of rotatable bonds is 13. The van der Waals surface area contributed by atoms with Gasteiger partial charge in [0.2, 0.25) is 0 Å². The molecule has 5 atom stereocenters. The third kappa shape index (κ3) is 7.85. The molecule has 6 nitrogen and oxygen atoms in total. The Kier molecular flexibility index (Phi) is 12.0. The summed E-state index contributed by atoms with van der Waals surface area (Å²) in [5.41, 5.74) is 5.26. The van der Waals surface area contributed by atoms with Crippen LogP contribution >= 0.6 is 8.25 Å². The first-order valence-electron chi connectivity index (χ1n) is 9.25. The fourth-order valence-corrected chi connectivity index (χ4v) is 3.87. The van der Waals surface area contributed by atoms with Gasteiger partial charge in [-0.2, -0.15) is 0 Å². The Morgan fingerprint density at radius 2 is 1.79 bits per heavy atom. The van der Waals surface area contributed by atoms with Crippen molar-refractivity contribution in [2.24, 2.45) is 11.7 Å². The van der Waals surface area contributed by atoms with Crippen LogP contribution in [0.1, 0.15) is 65.2 Å². The van der Waals surface area contributed by atoms with Crippen molar-refractivity contribution in [3.05, 3.63) is 0 Å². The normalized spacial score (nSPS) is 28.1. The van der Waals surface area contributed by atoms with Crippen molar-refractivity contribution in [3.8, 4) is 0 Å². The largest absolute Gasteiger partial charge is 0.699 e. The van der Waals surface area contributed by atoms with Crippen LogP contribution in [0.2, 0.25) is 0 Å². The number of hydrogen-bond donors (Lipinski definition) is 1. The van der Waals surface area contributed by atoms with E-state index in [9.17, 15) is 4.57 Å². The fraction of sp³-hybridized carbons (Fsp3) is 1.00. The van der Waals surface area contributed by atoms with Crippen LogP contribution in [0.3, 0.4) is 0 Å². The summed E-state index contributed by atoms with van der Waals surface area (Å²) in [6.07, 6.45) is 8.99. The molecule has 24 heavy (non-hydrogen) atoms. The van der Waals surface area contributed by atoms with E-state index in [1.807, 2.05) is 6.92 Å². The average Bonchev–Trinajstić information content (AvgIpc) is 2.56. The molecule has 1 saturated heterocycles. The first-order chi connectivity index (χ1) is 11.6. The lowest BCUT2D eigenvalue weighted by atomic mass is 9.91. The molecule has 0 radical (unpaired) electrons. The molecule has 0 saturated carbocycles. The van der Waals surface area contributed by atoms with Gasteiger partial charge in [-0.15, -0.1) is 9.05 Å². The predicted octanol–water partition coefficient (Wildman–Crippen LogP) is 4.15. The molecule has 0 aromatic carbocycles. The highest BCUT2D eigenvalue weighted by molar-refractivity contribution is 7.33. The third-order valence-electron chi connectivity index (χ3n) is 4.58. The van der Waals surface area contributed by atoms with Gasteiger partial charge >= 0.3 is 8.25 Å². The zero-order valence-corrected chi connectivity index (χ0v) is 16.3. The summed E-state index contributed by atoms with van der Waals surface area (Å²) in [5.74, 6) is 0.187. The Morgan fingerprint density at radius 1 is 1.12 bits per heavy atom. The van der Waals surface area contributed by atoms with Crippen molar-refractivity contribution in [2.45, 2.75) is 83.5 Å². The van der Waals surface area contributed by atoms with Gasteiger partial charge in [-0.05, 0) is 6.42 Å². The molecule has 1 aliphatic rings. The van der Waals surface area contributed by atoms with Crippen LogP contribution in [-0.4, -0.2) is 38.8 Å². The molecular weight excluding hydrogens is 329 g/mol. The van der Waals surface area contributed by atoms with E-state index in [4.69, 9.17) is 24.3 Å². The zero-order valence-electron chi connectivity index (χ0n) is 15.4. The van der Waals surface area contributed by atoms with Crippen molar-refractivity contribution in [1.82, 2.24) is 0 Å². The van der Waals surface area contributed by atoms with E-state index < -0.39 is 8.25 Å². The Hall–Kier alpha value is -0.100. The standard InChI is InChI=1S/C17H35NO5P/c1-4-5-6-7-8-9-10-11-15-17(23-24(19)22-13-18)16(20-3)14(2)12-21-15/h14-17H,4-13,18H2,1-3H3/q+1/t14-,15+,16+,17+/m1/s1. The SMILES string of the molecule is CCCCCCCCC[C@@H]1OC[C@@H](C)[C@H](OC)[C@H]1O[P+](=O)OCN. The molecule has 2 N–H and O–H groups in total. The predicted molar refractivity (Wildman–Crippen MR) is 94.9 cm³/mol. The van der Waals surface area contributed by atoms with Gasteiger partial charge in [0.05, 0.1) is 18.8 Å². The van der Waals surface area contributed by atoms with Crippen molar-refractivity contribution in [3.63, 3.8) is 0 Å². The number of unbranched alkanes of at least 4 members (excludes halogenated alkanes) is 6. The highest BCUT2D eigenvalue weighted by atomic mass is 31.1. The second-order valence-corrected chi connectivity index (χ2v) is 7.47. The Balaban J connectivity index is 2.44. The summed E-state index contributed by atoms with van der Waals surface area (Å²) in [7, 11) is -0.588. The molecule has 1 rings (SSSR count). The maximum atomic E-state index is 11.8. The van der Waals surface area contributed by atoms with E-state index in [0.29, 0.717) is 6.61 Å². The molecule has 0 amide bonds. The molecule has 1 fully saturated rings. The number of nitrogens with two attached hydrogens (primary N) is 1. The first-order valence-corrected chi connectivity index (χ1v) is 10.3. The van der Waals surface area contributed by atoms with Crippen LogP contribution < -0.4 is 5.73 Å². The molecule has 0 aliphatic carbocycles. The molecule has 1 aliphatic heterocycles. The maximum Gasteiger partial charge on any atom is 0.699 e. The Morgan fingerprint density at radius 3 is 2.42 bits per heavy atom. The zero-order chi connectivity index (χ0) is 17.8. The van der Waals surface area contributed by atoms with Gasteiger partial charge in [0.1, 0.15) is 0 Å². The minimum Gasteiger partial charge on any atom is -0.378 e. The summed E-state index contributed by atoms with van der Waals surface area (Å²) >= 11 is 0. The molecule has 0 spiro atoms. The molecule has 1 heterocycles. The molecule has 0 aromatic heterocycles. The van der Waals surface area contributed by atoms with Crippen LogP contribution in [0, 0.1) is 5.92 Å². The van der Waals surface area contributed by atoms with E-state index in [0.717, 1.165) is 12.8 Å². The first kappa shape index (κ1) is 21.9. The van der Waals surface area contributed by atoms with E-state index in [2.05, 4.69) is 6.92 Å². The third-order valence-corrected chi connectivity index (χ3v) is 5.35. The van der Waals surface area contributed by atoms with Gasteiger partial charge < -0.3 is 15.2 Å². The highest BCUT2D eigenvalue weighted by Gasteiger charge is 2.45. The van der Waals surface area contributed by atoms with Crippen molar-refractivity contribution in [2.75, 3.05) is 20.4 Å². The smallest absolute Gasteiger partial charge is 0.378 e. The van der Waals surface area contributed by atoms with Crippen LogP contribution in [0.4, 0.5) is 0 Å². The molecule has 0 aromatic rings. The molecular formula is C17H35NO5P+. The topological polar surface area (TPSA) is 80.0 Å². The van der Waals surface area contributed by atoms with Crippen LogP contribution in [0.25, 0.3) is 0 Å². The van der Waals surface area contributed by atoms with Gasteiger partial charge in [0.15, 0.2) is 12.8 Å². The van der Waals surface area contributed by atoms with E-state index in [1.54, 1.807) is 7.11 Å². The second kappa shape index (κ2) is 13.2. The van der Waals surface area contributed by atoms with Crippen LogP contribution in [0.5, 0.6) is 0 Å². The highest BCUT2D eigenvalue weighted by Crippen LogP contribution is 2.35. The quantitative estimate of drug-likeness (QED) is 0.300. The van der Waals surface area contributed by atoms with Crippen molar-refractivity contribution >= 4 is 8.25 Å². The van der Waals surface area contributed by atoms with Gasteiger partial charge in [-0.25, -0.2) is 0 Å². The van der Waals surface area contributed by atoms with E-state index >= 15 is 0 Å². The second-order valence-electron chi connectivity index (χ2n) is 6.55. The molecule has 7 heteroatoms. The number of hydrogen-bond acceptors (Lipinski definition) is 6. The lowest BCUT2D eigenvalue weighted by molar-refractivity contribution is -0.163. The lowest BCUT2D eigenvalue weighted by Crippen LogP contribution is -2.50.